The number of hydrogen-bond donors (Lipinski definition) is 0. The van der Waals surface area contributed by atoms with Crippen molar-refractivity contribution in [2.24, 2.45) is 5.92 Å². The monoisotopic (exact) mass is 212 g/mol. The highest BCUT2D eigenvalue weighted by atomic mass is 16.5. The van der Waals surface area contributed by atoms with Crippen molar-refractivity contribution >= 4 is 5.57 Å². The van der Waals surface area contributed by atoms with Crippen LogP contribution in [-0.2, 0) is 0 Å². The number of nitrogens with zero attached hydrogens (tertiary/aromatic N) is 2. The number of rotatable bonds is 2. The molecule has 1 aromatic heterocycles. The van der Waals surface area contributed by atoms with Gasteiger partial charge in [-0.3, -0.25) is 0 Å². The molecule has 1 aromatic rings. The fourth-order valence-corrected chi connectivity index (χ4v) is 1.72. The Labute approximate surface area is 94.7 Å². The van der Waals surface area contributed by atoms with Crippen molar-refractivity contribution in [2.45, 2.75) is 6.42 Å². The average molecular weight is 212 g/mol. The first-order valence-electron chi connectivity index (χ1n) is 5.12. The van der Waals surface area contributed by atoms with E-state index in [1.165, 1.54) is 0 Å². The molecule has 16 heavy (non-hydrogen) atoms. The van der Waals surface area contributed by atoms with Crippen LogP contribution in [0.15, 0.2) is 36.6 Å². The molecule has 1 heterocycles. The zero-order valence-corrected chi connectivity index (χ0v) is 9.05. The number of methoxy groups -OCH3 is 1. The standard InChI is InChI=1S/C13H12N2O/c1-16-13-7-6-11(9-15-13)12-5-3-2-4-10(12)8-14/h2-3,5-7,9-10H,4H2,1H3. The summed E-state index contributed by atoms with van der Waals surface area (Å²) >= 11 is 0. The molecule has 0 N–H and O–H groups in total. The van der Waals surface area contributed by atoms with Gasteiger partial charge in [0.25, 0.3) is 0 Å². The van der Waals surface area contributed by atoms with Gasteiger partial charge in [0.2, 0.25) is 5.88 Å². The van der Waals surface area contributed by atoms with Crippen LogP contribution < -0.4 is 4.74 Å². The van der Waals surface area contributed by atoms with Crippen LogP contribution in [0.4, 0.5) is 0 Å². The van der Waals surface area contributed by atoms with Crippen molar-refractivity contribution in [2.75, 3.05) is 7.11 Å². The van der Waals surface area contributed by atoms with Gasteiger partial charge in [-0.15, -0.1) is 0 Å². The highest BCUT2D eigenvalue weighted by molar-refractivity contribution is 5.71. The van der Waals surface area contributed by atoms with Crippen molar-refractivity contribution in [3.63, 3.8) is 0 Å². The van der Waals surface area contributed by atoms with Gasteiger partial charge in [-0.25, -0.2) is 4.98 Å². The van der Waals surface area contributed by atoms with Gasteiger partial charge in [0.1, 0.15) is 0 Å². The first-order chi connectivity index (χ1) is 7.85. The Balaban J connectivity index is 2.32. The van der Waals surface area contributed by atoms with Gasteiger partial charge in [-0.2, -0.15) is 5.26 Å². The molecule has 1 aliphatic carbocycles. The van der Waals surface area contributed by atoms with Crippen LogP contribution in [0, 0.1) is 17.2 Å². The lowest BCUT2D eigenvalue weighted by molar-refractivity contribution is 0.398. The number of aromatic nitrogens is 1. The minimum Gasteiger partial charge on any atom is -0.481 e. The summed E-state index contributed by atoms with van der Waals surface area (Å²) in [5.74, 6) is 0.518. The van der Waals surface area contributed by atoms with Crippen LogP contribution in [0.25, 0.3) is 5.57 Å². The second kappa shape index (κ2) is 4.63. The molecule has 0 fully saturated rings. The molecular formula is C13H12N2O. The summed E-state index contributed by atoms with van der Waals surface area (Å²) in [7, 11) is 1.59. The third kappa shape index (κ3) is 1.96. The molecule has 80 valence electrons. The largest absolute Gasteiger partial charge is 0.481 e. The van der Waals surface area contributed by atoms with E-state index in [0.717, 1.165) is 17.6 Å². The van der Waals surface area contributed by atoms with E-state index in [0.29, 0.717) is 5.88 Å². The number of nitriles is 1. The van der Waals surface area contributed by atoms with Gasteiger partial charge in [0, 0.05) is 12.3 Å². The fraction of sp³-hybridized carbons (Fsp3) is 0.231. The number of hydrogen-bond acceptors (Lipinski definition) is 3. The Bertz CT molecular complexity index is 466. The van der Waals surface area contributed by atoms with Crippen molar-refractivity contribution in [3.8, 4) is 11.9 Å². The van der Waals surface area contributed by atoms with E-state index >= 15 is 0 Å². The smallest absolute Gasteiger partial charge is 0.212 e. The molecule has 0 amide bonds. The number of pyridine rings is 1. The van der Waals surface area contributed by atoms with E-state index < -0.39 is 0 Å². The number of ether oxygens (including phenoxy) is 1. The third-order valence-corrected chi connectivity index (χ3v) is 2.59. The van der Waals surface area contributed by atoms with Crippen LogP contribution in [0.1, 0.15) is 12.0 Å². The zero-order valence-electron chi connectivity index (χ0n) is 9.05. The Hall–Kier alpha value is -2.08. The Morgan fingerprint density at radius 2 is 2.38 bits per heavy atom. The minimum atomic E-state index is -0.0693. The molecule has 0 aromatic carbocycles. The van der Waals surface area contributed by atoms with Gasteiger partial charge in [-0.05, 0) is 23.6 Å². The summed E-state index contributed by atoms with van der Waals surface area (Å²) in [6.07, 6.45) is 8.48. The van der Waals surface area contributed by atoms with Gasteiger partial charge in [-0.1, -0.05) is 18.2 Å². The molecule has 0 aliphatic heterocycles. The van der Waals surface area contributed by atoms with E-state index in [9.17, 15) is 0 Å². The molecule has 0 saturated heterocycles. The minimum absolute atomic E-state index is 0.0693. The lowest BCUT2D eigenvalue weighted by Gasteiger charge is -2.14. The molecule has 1 aliphatic rings. The van der Waals surface area contributed by atoms with Gasteiger partial charge in [0.05, 0.1) is 19.1 Å². The molecule has 3 nitrogen and oxygen atoms in total. The Kier molecular flexibility index (Phi) is 3.02. The van der Waals surface area contributed by atoms with Crippen LogP contribution in [-0.4, -0.2) is 12.1 Å². The predicted octanol–water partition coefficient (Wildman–Crippen LogP) is 2.57. The van der Waals surface area contributed by atoms with Crippen molar-refractivity contribution in [3.05, 3.63) is 42.1 Å². The van der Waals surface area contributed by atoms with Gasteiger partial charge in [0.15, 0.2) is 0 Å². The predicted molar refractivity (Wildman–Crippen MR) is 61.6 cm³/mol. The molecule has 0 radical (unpaired) electrons. The average Bonchev–Trinajstić information content (AvgIpc) is 2.39. The first kappa shape index (κ1) is 10.4. The van der Waals surface area contributed by atoms with E-state index in [4.69, 9.17) is 10.00 Å². The van der Waals surface area contributed by atoms with Crippen molar-refractivity contribution in [1.82, 2.24) is 4.98 Å². The molecule has 0 bridgehead atoms. The molecule has 1 unspecified atom stereocenters. The normalized spacial score (nSPS) is 18.8. The molecule has 1 atom stereocenters. The summed E-state index contributed by atoms with van der Waals surface area (Å²) in [5, 5.41) is 9.05. The molecule has 0 spiro atoms. The van der Waals surface area contributed by atoms with E-state index in [-0.39, 0.29) is 5.92 Å². The topological polar surface area (TPSA) is 45.9 Å². The van der Waals surface area contributed by atoms with Crippen LogP contribution >= 0.6 is 0 Å². The molecular weight excluding hydrogens is 200 g/mol. The summed E-state index contributed by atoms with van der Waals surface area (Å²) in [5.41, 5.74) is 2.01. The lowest BCUT2D eigenvalue weighted by atomic mass is 9.88. The maximum absolute atomic E-state index is 9.05. The van der Waals surface area contributed by atoms with Crippen LogP contribution in [0.3, 0.4) is 0 Å². The maximum Gasteiger partial charge on any atom is 0.212 e. The van der Waals surface area contributed by atoms with Crippen molar-refractivity contribution < 1.29 is 4.74 Å². The summed E-state index contributed by atoms with van der Waals surface area (Å²) in [6.45, 7) is 0. The number of allylic oxidation sites excluding steroid dienone is 4. The molecule has 2 rings (SSSR count). The fourth-order valence-electron chi connectivity index (χ4n) is 1.72. The first-order valence-corrected chi connectivity index (χ1v) is 5.12. The van der Waals surface area contributed by atoms with Crippen LogP contribution in [0.2, 0.25) is 0 Å². The second-order valence-electron chi connectivity index (χ2n) is 3.56. The SMILES string of the molecule is COc1ccc(C2=CC=CCC2C#N)cn1. The summed E-state index contributed by atoms with van der Waals surface area (Å²) < 4.78 is 5.00. The zero-order chi connectivity index (χ0) is 11.4. The lowest BCUT2D eigenvalue weighted by Crippen LogP contribution is -2.03. The molecule has 0 saturated carbocycles. The quantitative estimate of drug-likeness (QED) is 0.756. The van der Waals surface area contributed by atoms with E-state index in [1.54, 1.807) is 13.3 Å². The maximum atomic E-state index is 9.05. The van der Waals surface area contributed by atoms with E-state index in [2.05, 4.69) is 11.1 Å². The van der Waals surface area contributed by atoms with Gasteiger partial charge < -0.3 is 4.74 Å². The Morgan fingerprint density at radius 3 is 3.00 bits per heavy atom. The highest BCUT2D eigenvalue weighted by Gasteiger charge is 2.16. The van der Waals surface area contributed by atoms with Gasteiger partial charge >= 0.3 is 0 Å². The second-order valence-corrected chi connectivity index (χ2v) is 3.56. The van der Waals surface area contributed by atoms with Crippen LogP contribution in [0.5, 0.6) is 5.88 Å². The summed E-state index contributed by atoms with van der Waals surface area (Å²) in [4.78, 5) is 4.14. The molecule has 3 heteroatoms. The van der Waals surface area contributed by atoms with E-state index in [1.807, 2.05) is 30.4 Å². The summed E-state index contributed by atoms with van der Waals surface area (Å²) in [6, 6.07) is 6.04. The third-order valence-electron chi connectivity index (χ3n) is 2.59. The highest BCUT2D eigenvalue weighted by Crippen LogP contribution is 2.29. The Morgan fingerprint density at radius 1 is 1.50 bits per heavy atom. The van der Waals surface area contributed by atoms with Crippen molar-refractivity contribution in [1.29, 1.82) is 5.26 Å².